The van der Waals surface area contributed by atoms with E-state index < -0.39 is 108 Å². The molecule has 1 aromatic rings. The molecule has 4 N–H and O–H groups in total. The number of hydrogen-bond acceptors (Lipinski definition) is 21. The first-order valence-corrected chi connectivity index (χ1v) is 22.5. The van der Waals surface area contributed by atoms with Gasteiger partial charge in [0.15, 0.2) is 24.9 Å². The Morgan fingerprint density at radius 1 is 0.855 bits per heavy atom. The van der Waals surface area contributed by atoms with Gasteiger partial charge in [-0.3, -0.25) is 23.8 Å². The zero-order valence-electron chi connectivity index (χ0n) is 39.0. The first-order valence-electron chi connectivity index (χ1n) is 21.1. The molecule has 4 unspecified atom stereocenters. The van der Waals surface area contributed by atoms with Gasteiger partial charge >= 0.3 is 88.7 Å². The number of hydrogen-bond donors (Lipinski definition) is 4. The Bertz CT molecular complexity index is 1880. The van der Waals surface area contributed by atoms with Crippen molar-refractivity contribution in [1.82, 2.24) is 24.8 Å². The molecular formula is C38H55F2N5Na3O20S-. The van der Waals surface area contributed by atoms with Gasteiger partial charge in [-0.2, -0.15) is 0 Å². The molecule has 376 valence electrons. The molecule has 4 aliphatic heterocycles. The number of halogens is 2. The first-order chi connectivity index (χ1) is 31.1. The summed E-state index contributed by atoms with van der Waals surface area (Å²) in [6.07, 6.45) is -17.2. The molecule has 31 heteroatoms. The number of carbonyl (C=O) groups is 5. The van der Waals surface area contributed by atoms with Gasteiger partial charge < -0.3 is 79.9 Å². The van der Waals surface area contributed by atoms with E-state index in [1.165, 1.54) is 14.5 Å². The normalized spacial score (nSPS) is 30.8. The molecule has 0 bridgehead atoms. The molecule has 69 heavy (non-hydrogen) atoms. The van der Waals surface area contributed by atoms with Gasteiger partial charge in [0.1, 0.15) is 30.1 Å². The van der Waals surface area contributed by atoms with Crippen LogP contribution >= 0.6 is 0 Å². The molecule has 4 saturated heterocycles. The third-order valence-electron chi connectivity index (χ3n) is 11.2. The van der Waals surface area contributed by atoms with Crippen LogP contribution in [0.5, 0.6) is 0 Å². The van der Waals surface area contributed by atoms with Crippen LogP contribution in [0.4, 0.5) is 8.78 Å². The van der Waals surface area contributed by atoms with E-state index in [1.807, 2.05) is 13.8 Å². The molecule has 0 aliphatic carbocycles. The van der Waals surface area contributed by atoms with E-state index in [-0.39, 0.29) is 165 Å². The molecular weight excluding hydrogens is 985 g/mol. The SMILES string of the molecule is O=S(=O)([O-])O.[CH2-]C1O[C@H](O[C@@H]2C(C(=O)[O-])O[C@@H](OCCOCCn3cc(CN(CCCCCN4C(=O)[C@@H]5[C@H](C4=O)[C@H](CC)O[C@@H]5CC)C(=O)CCC(=O)[O-])nn3)C(F)[C@H]2O)C(F)[C@@H](O)[C@@H]1O.[Na+].[Na+].[Na+]. The van der Waals surface area contributed by atoms with Crippen molar-refractivity contribution in [2.24, 2.45) is 11.8 Å². The van der Waals surface area contributed by atoms with Gasteiger partial charge in [-0.25, -0.2) is 21.9 Å². The van der Waals surface area contributed by atoms with Crippen LogP contribution in [-0.2, 0) is 75.9 Å². The molecule has 4 fully saturated rings. The largest absolute Gasteiger partial charge is 1.00 e. The summed E-state index contributed by atoms with van der Waals surface area (Å²) in [6, 6.07) is 0. The summed E-state index contributed by atoms with van der Waals surface area (Å²) >= 11 is 0. The molecule has 4 aliphatic rings. The zero-order valence-corrected chi connectivity index (χ0v) is 45.8. The standard InChI is InChI=1S/C38H56F2N5O16.3Na.H2O4S/c1-4-21-25-26(22(5-2)59-21)35(53)45(34(25)52)12-8-6-7-11-43(23(46)9-10-24(47)48)17-20-18-44(42-41-20)13-14-56-15-16-57-37-28(40)31(51)32(33(61-37)36(54)55)60-38-27(39)30(50)29(49)19(3)58-38;;;;1-5(2,3)4/h18-19,21-22,25-33,37-38,49-51H,3-17H2,1-2H3,(H,47,48)(H,54,55);;;;(H2,1,2,3,4)/q-1;3*+1;/p-3/t19?,21-,22+,25+,26-,27?,28?,29-,30-,31-,32+,33?,37-,38-;;;;/m1..../s1. The summed E-state index contributed by atoms with van der Waals surface area (Å²) in [6.45, 7) is 7.48. The van der Waals surface area contributed by atoms with E-state index in [1.54, 1.807) is 6.20 Å². The second kappa shape index (κ2) is 31.1. The van der Waals surface area contributed by atoms with Gasteiger partial charge in [-0.05, 0) is 44.6 Å². The van der Waals surface area contributed by atoms with Crippen LogP contribution in [0, 0.1) is 18.8 Å². The Balaban J connectivity index is 0.00000282. The summed E-state index contributed by atoms with van der Waals surface area (Å²) in [5.41, 5.74) is 0.395. The van der Waals surface area contributed by atoms with E-state index in [0.29, 0.717) is 37.8 Å². The smallest absolute Gasteiger partial charge is 0.726 e. The number of carbonyl (C=O) groups excluding carboxylic acids is 5. The molecule has 14 atom stereocenters. The minimum Gasteiger partial charge on any atom is -0.726 e. The maximum atomic E-state index is 15.1. The fourth-order valence-corrected chi connectivity index (χ4v) is 7.93. The minimum atomic E-state index is -4.92. The van der Waals surface area contributed by atoms with E-state index in [4.69, 9.17) is 45.9 Å². The summed E-state index contributed by atoms with van der Waals surface area (Å²) in [5, 5.41) is 61.1. The Kier molecular flexibility index (Phi) is 29.7. The van der Waals surface area contributed by atoms with Crippen molar-refractivity contribution >= 4 is 40.1 Å². The van der Waals surface area contributed by atoms with E-state index in [0.717, 1.165) is 0 Å². The number of aliphatic hydroxyl groups excluding tert-OH is 3. The van der Waals surface area contributed by atoms with Crippen molar-refractivity contribution in [3.05, 3.63) is 18.8 Å². The molecule has 5 rings (SSSR count). The molecule has 1 aromatic heterocycles. The molecule has 5 heterocycles. The topological polar surface area (TPSA) is 362 Å². The third kappa shape index (κ3) is 19.1. The van der Waals surface area contributed by atoms with Crippen LogP contribution in [0.25, 0.3) is 0 Å². The number of aliphatic carboxylic acids is 2. The van der Waals surface area contributed by atoms with Gasteiger partial charge in [0, 0.05) is 25.5 Å². The van der Waals surface area contributed by atoms with Crippen LogP contribution in [-0.4, -0.2) is 194 Å². The van der Waals surface area contributed by atoms with Gasteiger partial charge in [0.05, 0.1) is 75.2 Å². The molecule has 0 saturated carbocycles. The Hall–Kier alpha value is -0.940. The van der Waals surface area contributed by atoms with Crippen LogP contribution in [0.3, 0.4) is 0 Å². The molecule has 3 amide bonds. The van der Waals surface area contributed by atoms with Gasteiger partial charge in [-0.15, -0.1) is 5.10 Å². The number of carboxylic acid groups (broad SMARTS) is 2. The number of ether oxygens (including phenoxy) is 6. The summed E-state index contributed by atoms with van der Waals surface area (Å²) in [4.78, 5) is 64.9. The number of fused-ring (bicyclic) bond motifs is 1. The predicted octanol–water partition coefficient (Wildman–Crippen LogP) is -13.3. The summed E-state index contributed by atoms with van der Waals surface area (Å²) in [5.74, 6) is -5.09. The van der Waals surface area contributed by atoms with Crippen LogP contribution in [0.15, 0.2) is 6.20 Å². The zero-order chi connectivity index (χ0) is 49.0. The molecule has 0 spiro atoms. The van der Waals surface area contributed by atoms with Crippen molar-refractivity contribution in [3.63, 3.8) is 0 Å². The van der Waals surface area contributed by atoms with E-state index in [9.17, 15) is 53.9 Å². The van der Waals surface area contributed by atoms with Crippen LogP contribution < -0.4 is 98.9 Å². The monoisotopic (exact) mass is 1040 g/mol. The summed E-state index contributed by atoms with van der Waals surface area (Å²) < 4.78 is 95.9. The Labute approximate surface area is 463 Å². The number of alkyl halides is 2. The second-order valence-corrected chi connectivity index (χ2v) is 16.6. The number of likely N-dealkylation sites (tertiary alicyclic amines) is 1. The second-order valence-electron chi connectivity index (χ2n) is 15.8. The average Bonchev–Trinajstić information content (AvgIpc) is 3.94. The number of rotatable bonds is 23. The van der Waals surface area contributed by atoms with E-state index >= 15 is 4.39 Å². The number of nitrogens with zero attached hydrogens (tertiary/aromatic N) is 5. The molecule has 25 nitrogen and oxygen atoms in total. The van der Waals surface area contributed by atoms with Crippen molar-refractivity contribution in [1.29, 1.82) is 0 Å². The predicted molar refractivity (Wildman–Crippen MR) is 206 cm³/mol. The van der Waals surface area contributed by atoms with Gasteiger partial charge in [0.2, 0.25) is 28.1 Å². The van der Waals surface area contributed by atoms with Crippen molar-refractivity contribution in [3.8, 4) is 0 Å². The first kappa shape index (κ1) is 66.1. The number of unbranched alkanes of at least 4 members (excludes halogenated alkanes) is 2. The summed E-state index contributed by atoms with van der Waals surface area (Å²) in [7, 11) is -4.92. The van der Waals surface area contributed by atoms with Crippen molar-refractivity contribution in [2.45, 2.75) is 146 Å². The van der Waals surface area contributed by atoms with Gasteiger partial charge in [-0.1, -0.05) is 19.1 Å². The number of carboxylic acids is 2. The fraction of sp³-hybridized carbons (Fsp3) is 0.789. The fourth-order valence-electron chi connectivity index (χ4n) is 7.93. The molecule has 0 aromatic carbocycles. The molecule has 0 radical (unpaired) electrons. The van der Waals surface area contributed by atoms with Crippen molar-refractivity contribution in [2.75, 3.05) is 32.9 Å². The Morgan fingerprint density at radius 2 is 1.45 bits per heavy atom. The number of aromatic nitrogens is 3. The van der Waals surface area contributed by atoms with Crippen LogP contribution in [0.1, 0.15) is 64.5 Å². The number of amides is 3. The quantitative estimate of drug-likeness (QED) is 0.0197. The third-order valence-corrected chi connectivity index (χ3v) is 11.2. The maximum Gasteiger partial charge on any atom is 1.00 e. The maximum absolute atomic E-state index is 15.1. The Morgan fingerprint density at radius 3 is 2.01 bits per heavy atom. The minimum absolute atomic E-state index is 0. The number of imide groups is 1. The van der Waals surface area contributed by atoms with E-state index in [2.05, 4.69) is 17.2 Å². The number of aliphatic hydroxyl groups is 3. The van der Waals surface area contributed by atoms with Crippen LogP contribution in [0.2, 0.25) is 0 Å². The van der Waals surface area contributed by atoms with Gasteiger partial charge in [0.25, 0.3) is 0 Å². The average molecular weight is 1040 g/mol. The van der Waals surface area contributed by atoms with Crippen molar-refractivity contribution < 1.29 is 193 Å².